The van der Waals surface area contributed by atoms with Crippen LogP contribution in [0.5, 0.6) is 0 Å². The van der Waals surface area contributed by atoms with Crippen molar-refractivity contribution in [2.24, 2.45) is 11.8 Å². The lowest BCUT2D eigenvalue weighted by atomic mass is 10.0. The topological polar surface area (TPSA) is 79.3 Å². The molecule has 0 aliphatic heterocycles. The molecular formula is C15H18N2O3. The molecule has 2 fully saturated rings. The number of pyridine rings is 1. The molecule has 1 aromatic heterocycles. The van der Waals surface area contributed by atoms with Gasteiger partial charge in [0.05, 0.1) is 5.92 Å². The van der Waals surface area contributed by atoms with Gasteiger partial charge >= 0.3 is 5.97 Å². The number of carbonyl (C=O) groups is 2. The van der Waals surface area contributed by atoms with Gasteiger partial charge < -0.3 is 10.4 Å². The first kappa shape index (κ1) is 13.1. The first-order chi connectivity index (χ1) is 9.65. The molecular weight excluding hydrogens is 256 g/mol. The third kappa shape index (κ3) is 2.66. The lowest BCUT2D eigenvalue weighted by Gasteiger charge is -2.10. The average molecular weight is 274 g/mol. The highest BCUT2D eigenvalue weighted by Crippen LogP contribution is 2.41. The molecule has 0 aromatic carbocycles. The van der Waals surface area contributed by atoms with Crippen LogP contribution in [0.15, 0.2) is 24.5 Å². The van der Waals surface area contributed by atoms with E-state index in [1.165, 1.54) is 0 Å². The summed E-state index contributed by atoms with van der Waals surface area (Å²) >= 11 is 0. The summed E-state index contributed by atoms with van der Waals surface area (Å²) in [5.41, 5.74) is 1.16. The molecule has 2 saturated carbocycles. The van der Waals surface area contributed by atoms with E-state index in [1.54, 1.807) is 6.20 Å². The number of hydrogen-bond donors (Lipinski definition) is 2. The molecule has 0 saturated heterocycles. The number of rotatable bonds is 4. The highest BCUT2D eigenvalue weighted by atomic mass is 16.4. The number of carboxylic acids is 1. The fourth-order valence-electron chi connectivity index (χ4n) is 3.06. The second kappa shape index (κ2) is 5.23. The SMILES string of the molecule is O=C(O)[C@@H]1CC[C@H](C(=O)N[C@@H]2C[C@H]2c2cccnc2)C1. The summed E-state index contributed by atoms with van der Waals surface area (Å²) in [7, 11) is 0. The molecule has 2 N–H and O–H groups in total. The van der Waals surface area contributed by atoms with Crippen molar-refractivity contribution in [3.63, 3.8) is 0 Å². The van der Waals surface area contributed by atoms with E-state index in [0.717, 1.165) is 12.0 Å². The fraction of sp³-hybridized carbons (Fsp3) is 0.533. The molecule has 5 heteroatoms. The van der Waals surface area contributed by atoms with E-state index in [-0.39, 0.29) is 23.8 Å². The Morgan fingerprint density at radius 3 is 2.70 bits per heavy atom. The van der Waals surface area contributed by atoms with E-state index < -0.39 is 5.97 Å². The van der Waals surface area contributed by atoms with Crippen molar-refractivity contribution >= 4 is 11.9 Å². The largest absolute Gasteiger partial charge is 0.481 e. The van der Waals surface area contributed by atoms with Gasteiger partial charge in [0.2, 0.25) is 5.91 Å². The van der Waals surface area contributed by atoms with E-state index in [0.29, 0.717) is 25.2 Å². The Hall–Kier alpha value is -1.91. The van der Waals surface area contributed by atoms with Crippen molar-refractivity contribution in [3.8, 4) is 0 Å². The molecule has 1 aromatic rings. The Morgan fingerprint density at radius 1 is 1.25 bits per heavy atom. The van der Waals surface area contributed by atoms with Crippen LogP contribution in [0.1, 0.15) is 37.2 Å². The zero-order valence-electron chi connectivity index (χ0n) is 11.2. The summed E-state index contributed by atoms with van der Waals surface area (Å²) in [6.07, 6.45) is 6.31. The minimum atomic E-state index is -0.778. The van der Waals surface area contributed by atoms with Crippen LogP contribution in [-0.2, 0) is 9.59 Å². The van der Waals surface area contributed by atoms with E-state index in [2.05, 4.69) is 10.3 Å². The number of aromatic nitrogens is 1. The van der Waals surface area contributed by atoms with Crippen LogP contribution < -0.4 is 5.32 Å². The maximum absolute atomic E-state index is 12.1. The summed E-state index contributed by atoms with van der Waals surface area (Å²) < 4.78 is 0. The molecule has 1 heterocycles. The van der Waals surface area contributed by atoms with Gasteiger partial charge in [0.15, 0.2) is 0 Å². The van der Waals surface area contributed by atoms with Crippen LogP contribution in [0.4, 0.5) is 0 Å². The molecule has 2 aliphatic carbocycles. The Kier molecular flexibility index (Phi) is 3.42. The smallest absolute Gasteiger partial charge is 0.306 e. The zero-order valence-corrected chi connectivity index (χ0v) is 11.2. The maximum atomic E-state index is 12.1. The van der Waals surface area contributed by atoms with Gasteiger partial charge in [-0.2, -0.15) is 0 Å². The van der Waals surface area contributed by atoms with Crippen molar-refractivity contribution in [3.05, 3.63) is 30.1 Å². The quantitative estimate of drug-likeness (QED) is 0.873. The molecule has 20 heavy (non-hydrogen) atoms. The number of hydrogen-bond acceptors (Lipinski definition) is 3. The lowest BCUT2D eigenvalue weighted by molar-refractivity contribution is -0.141. The van der Waals surface area contributed by atoms with Gasteiger partial charge in [-0.25, -0.2) is 0 Å². The van der Waals surface area contributed by atoms with Crippen molar-refractivity contribution < 1.29 is 14.7 Å². The van der Waals surface area contributed by atoms with Gasteiger partial charge in [-0.05, 0) is 37.3 Å². The third-order valence-electron chi connectivity index (χ3n) is 4.38. The maximum Gasteiger partial charge on any atom is 0.306 e. The molecule has 0 spiro atoms. The van der Waals surface area contributed by atoms with Gasteiger partial charge in [0.1, 0.15) is 0 Å². The van der Waals surface area contributed by atoms with Gasteiger partial charge in [-0.1, -0.05) is 6.07 Å². The molecule has 0 bridgehead atoms. The minimum Gasteiger partial charge on any atom is -0.481 e. The predicted octanol–water partition coefficient (Wildman–Crippen LogP) is 1.55. The standard InChI is InChI=1S/C15H18N2O3/c18-14(9-3-4-10(6-9)15(19)20)17-13-7-12(13)11-2-1-5-16-8-11/h1-2,5,8-10,12-13H,3-4,6-7H2,(H,17,18)(H,19,20)/t9-,10+,12-,13+/m0/s1. The summed E-state index contributed by atoms with van der Waals surface area (Å²) in [6, 6.07) is 4.12. The number of carbonyl (C=O) groups excluding carboxylic acids is 1. The van der Waals surface area contributed by atoms with Crippen molar-refractivity contribution in [2.45, 2.75) is 37.6 Å². The van der Waals surface area contributed by atoms with Crippen LogP contribution in [0.3, 0.4) is 0 Å². The van der Waals surface area contributed by atoms with Crippen LogP contribution >= 0.6 is 0 Å². The number of nitrogens with zero attached hydrogens (tertiary/aromatic N) is 1. The second-order valence-corrected chi connectivity index (χ2v) is 5.79. The molecule has 2 aliphatic rings. The van der Waals surface area contributed by atoms with Crippen LogP contribution in [0.2, 0.25) is 0 Å². The zero-order chi connectivity index (χ0) is 14.1. The first-order valence-electron chi connectivity index (χ1n) is 7.08. The third-order valence-corrected chi connectivity index (χ3v) is 4.38. The molecule has 1 amide bonds. The van der Waals surface area contributed by atoms with Crippen molar-refractivity contribution in [2.75, 3.05) is 0 Å². The molecule has 3 rings (SSSR count). The Balaban J connectivity index is 1.51. The Morgan fingerprint density at radius 2 is 2.05 bits per heavy atom. The molecule has 4 atom stereocenters. The van der Waals surface area contributed by atoms with Crippen LogP contribution in [0.25, 0.3) is 0 Å². The number of nitrogens with one attached hydrogen (secondary N) is 1. The first-order valence-corrected chi connectivity index (χ1v) is 7.08. The predicted molar refractivity (Wildman–Crippen MR) is 72.0 cm³/mol. The molecule has 106 valence electrons. The minimum absolute atomic E-state index is 0.0186. The van der Waals surface area contributed by atoms with E-state index in [9.17, 15) is 9.59 Å². The second-order valence-electron chi connectivity index (χ2n) is 5.79. The molecule has 0 radical (unpaired) electrons. The van der Waals surface area contributed by atoms with Crippen molar-refractivity contribution in [1.82, 2.24) is 10.3 Å². The number of aliphatic carboxylic acids is 1. The van der Waals surface area contributed by atoms with E-state index in [1.807, 2.05) is 18.3 Å². The molecule has 0 unspecified atom stereocenters. The number of carboxylic acid groups (broad SMARTS) is 1. The van der Waals surface area contributed by atoms with Crippen molar-refractivity contribution in [1.29, 1.82) is 0 Å². The Bertz CT molecular complexity index is 517. The van der Waals surface area contributed by atoms with Gasteiger partial charge in [0, 0.05) is 30.3 Å². The highest BCUT2D eigenvalue weighted by molar-refractivity contribution is 5.81. The van der Waals surface area contributed by atoms with E-state index >= 15 is 0 Å². The summed E-state index contributed by atoms with van der Waals surface area (Å²) in [5.74, 6) is -0.875. The Labute approximate surface area is 117 Å². The molecule has 5 nitrogen and oxygen atoms in total. The fourth-order valence-corrected chi connectivity index (χ4v) is 3.06. The summed E-state index contributed by atoms with van der Waals surface area (Å²) in [5, 5.41) is 12.0. The number of amides is 1. The highest BCUT2D eigenvalue weighted by Gasteiger charge is 2.42. The normalized spacial score (nSPS) is 31.8. The van der Waals surface area contributed by atoms with Crippen LogP contribution in [-0.4, -0.2) is 28.0 Å². The average Bonchev–Trinajstić information content (AvgIpc) is 3.02. The van der Waals surface area contributed by atoms with Crippen LogP contribution in [0, 0.1) is 11.8 Å². The summed E-state index contributed by atoms with van der Waals surface area (Å²) in [4.78, 5) is 27.1. The lowest BCUT2D eigenvalue weighted by Crippen LogP contribution is -2.32. The van der Waals surface area contributed by atoms with E-state index in [4.69, 9.17) is 5.11 Å². The summed E-state index contributed by atoms with van der Waals surface area (Å²) in [6.45, 7) is 0. The van der Waals surface area contributed by atoms with Gasteiger partial charge in [-0.3, -0.25) is 14.6 Å². The monoisotopic (exact) mass is 274 g/mol. The van der Waals surface area contributed by atoms with Gasteiger partial charge in [0.25, 0.3) is 0 Å². The van der Waals surface area contributed by atoms with Gasteiger partial charge in [-0.15, -0.1) is 0 Å².